The minimum atomic E-state index is 0.889. The molecule has 2 aromatic rings. The Hall–Kier alpha value is -1.55. The van der Waals surface area contributed by atoms with Crippen LogP contribution in [0.25, 0.3) is 11.0 Å². The van der Waals surface area contributed by atoms with E-state index in [1.165, 1.54) is 45.3 Å². The number of rotatable bonds is 5. The van der Waals surface area contributed by atoms with Gasteiger partial charge in [-0.1, -0.05) is 18.6 Å². The van der Waals surface area contributed by atoms with Gasteiger partial charge in [0, 0.05) is 6.54 Å². The monoisotopic (exact) mass is 258 g/mol. The number of anilines is 1. The lowest BCUT2D eigenvalue weighted by Crippen LogP contribution is -2.31. The third-order valence-electron chi connectivity index (χ3n) is 3.78. The maximum absolute atomic E-state index is 4.52. The highest BCUT2D eigenvalue weighted by Crippen LogP contribution is 2.13. The molecule has 0 spiro atoms. The molecule has 0 atom stereocenters. The SMILES string of the molecule is c1ccc2[nH]c(NCCCN3CCCCC3)nc2c1. The normalized spacial score (nSPS) is 16.8. The number of likely N-dealkylation sites (tertiary alicyclic amines) is 1. The summed E-state index contributed by atoms with van der Waals surface area (Å²) in [5.41, 5.74) is 2.13. The standard InChI is InChI=1S/C15H22N4/c1-4-10-19(11-5-1)12-6-9-16-15-17-13-7-2-3-8-14(13)18-15/h2-3,7-8H,1,4-6,9-12H2,(H2,16,17,18). The van der Waals surface area contributed by atoms with Crippen LogP contribution < -0.4 is 5.32 Å². The Morgan fingerprint density at radius 1 is 1.16 bits per heavy atom. The molecule has 0 unspecified atom stereocenters. The van der Waals surface area contributed by atoms with Crippen molar-refractivity contribution in [1.29, 1.82) is 0 Å². The number of para-hydroxylation sites is 2. The number of hydrogen-bond donors (Lipinski definition) is 2. The summed E-state index contributed by atoms with van der Waals surface area (Å²) in [7, 11) is 0. The predicted molar refractivity (Wildman–Crippen MR) is 79.5 cm³/mol. The Balaban J connectivity index is 1.44. The van der Waals surface area contributed by atoms with Gasteiger partial charge in [0.25, 0.3) is 0 Å². The topological polar surface area (TPSA) is 44.0 Å². The summed E-state index contributed by atoms with van der Waals surface area (Å²) in [6.07, 6.45) is 5.33. The van der Waals surface area contributed by atoms with Crippen molar-refractivity contribution in [3.8, 4) is 0 Å². The van der Waals surface area contributed by atoms with E-state index < -0.39 is 0 Å². The fourth-order valence-corrected chi connectivity index (χ4v) is 2.73. The zero-order chi connectivity index (χ0) is 12.9. The van der Waals surface area contributed by atoms with Crippen molar-refractivity contribution >= 4 is 17.0 Å². The maximum atomic E-state index is 4.52. The van der Waals surface area contributed by atoms with Crippen molar-refractivity contribution < 1.29 is 0 Å². The van der Waals surface area contributed by atoms with Crippen molar-refractivity contribution in [3.63, 3.8) is 0 Å². The van der Waals surface area contributed by atoms with E-state index in [0.717, 1.165) is 23.5 Å². The van der Waals surface area contributed by atoms with E-state index in [9.17, 15) is 0 Å². The van der Waals surface area contributed by atoms with Gasteiger partial charge in [-0.2, -0.15) is 0 Å². The van der Waals surface area contributed by atoms with Gasteiger partial charge >= 0.3 is 0 Å². The number of H-pyrrole nitrogens is 1. The van der Waals surface area contributed by atoms with E-state index in [-0.39, 0.29) is 0 Å². The van der Waals surface area contributed by atoms with E-state index in [0.29, 0.717) is 0 Å². The summed E-state index contributed by atoms with van der Waals surface area (Å²) in [4.78, 5) is 10.4. The Morgan fingerprint density at radius 3 is 2.84 bits per heavy atom. The maximum Gasteiger partial charge on any atom is 0.201 e. The average molecular weight is 258 g/mol. The smallest absolute Gasteiger partial charge is 0.201 e. The summed E-state index contributed by atoms with van der Waals surface area (Å²) in [5.74, 6) is 0.889. The molecule has 4 nitrogen and oxygen atoms in total. The van der Waals surface area contributed by atoms with E-state index in [4.69, 9.17) is 0 Å². The second-order valence-corrected chi connectivity index (χ2v) is 5.29. The van der Waals surface area contributed by atoms with Crippen LogP contribution in [-0.4, -0.2) is 41.0 Å². The molecule has 3 rings (SSSR count). The van der Waals surface area contributed by atoms with E-state index in [1.54, 1.807) is 0 Å². The molecule has 19 heavy (non-hydrogen) atoms. The van der Waals surface area contributed by atoms with Gasteiger partial charge in [-0.15, -0.1) is 0 Å². The van der Waals surface area contributed by atoms with Gasteiger partial charge in [-0.3, -0.25) is 0 Å². The largest absolute Gasteiger partial charge is 0.356 e. The highest BCUT2D eigenvalue weighted by molar-refractivity contribution is 5.77. The number of nitrogens with zero attached hydrogens (tertiary/aromatic N) is 2. The van der Waals surface area contributed by atoms with Gasteiger partial charge in [-0.25, -0.2) is 4.98 Å². The Labute approximate surface area is 114 Å². The molecule has 1 saturated heterocycles. The Morgan fingerprint density at radius 2 is 2.00 bits per heavy atom. The quantitative estimate of drug-likeness (QED) is 0.811. The van der Waals surface area contributed by atoms with Crippen LogP contribution in [-0.2, 0) is 0 Å². The number of aromatic amines is 1. The van der Waals surface area contributed by atoms with Crippen LogP contribution in [0.3, 0.4) is 0 Å². The van der Waals surface area contributed by atoms with E-state index in [1.807, 2.05) is 18.2 Å². The molecule has 1 aromatic heterocycles. The molecule has 2 N–H and O–H groups in total. The van der Waals surface area contributed by atoms with Crippen molar-refractivity contribution in [3.05, 3.63) is 24.3 Å². The third-order valence-corrected chi connectivity index (χ3v) is 3.78. The summed E-state index contributed by atoms with van der Waals surface area (Å²) >= 11 is 0. The molecule has 1 aliphatic heterocycles. The molecule has 1 aromatic carbocycles. The van der Waals surface area contributed by atoms with E-state index in [2.05, 4.69) is 26.3 Å². The van der Waals surface area contributed by atoms with Gasteiger partial charge in [-0.05, 0) is 51.0 Å². The van der Waals surface area contributed by atoms with Crippen LogP contribution in [0.2, 0.25) is 0 Å². The van der Waals surface area contributed by atoms with Crippen LogP contribution in [0.4, 0.5) is 5.95 Å². The number of benzene rings is 1. The van der Waals surface area contributed by atoms with E-state index >= 15 is 0 Å². The first-order valence-electron chi connectivity index (χ1n) is 7.33. The first-order chi connectivity index (χ1) is 9.42. The Bertz CT molecular complexity index is 481. The summed E-state index contributed by atoms with van der Waals surface area (Å²) in [5, 5.41) is 3.38. The molecule has 0 amide bonds. The zero-order valence-electron chi connectivity index (χ0n) is 11.4. The van der Waals surface area contributed by atoms with Crippen LogP contribution >= 0.6 is 0 Å². The molecular formula is C15H22N4. The van der Waals surface area contributed by atoms with Crippen molar-refractivity contribution in [2.24, 2.45) is 0 Å². The molecule has 1 fully saturated rings. The van der Waals surface area contributed by atoms with Gasteiger partial charge in [0.05, 0.1) is 11.0 Å². The second kappa shape index (κ2) is 6.06. The fourth-order valence-electron chi connectivity index (χ4n) is 2.73. The summed E-state index contributed by atoms with van der Waals surface area (Å²) < 4.78 is 0. The van der Waals surface area contributed by atoms with Crippen LogP contribution in [0.1, 0.15) is 25.7 Å². The molecule has 2 heterocycles. The fraction of sp³-hybridized carbons (Fsp3) is 0.533. The first-order valence-corrected chi connectivity index (χ1v) is 7.33. The number of fused-ring (bicyclic) bond motifs is 1. The van der Waals surface area contributed by atoms with Crippen LogP contribution in [0.15, 0.2) is 24.3 Å². The lowest BCUT2D eigenvalue weighted by Gasteiger charge is -2.26. The lowest BCUT2D eigenvalue weighted by atomic mass is 10.1. The number of piperidine rings is 1. The van der Waals surface area contributed by atoms with Gasteiger partial charge in [0.1, 0.15) is 0 Å². The number of nitrogens with one attached hydrogen (secondary N) is 2. The zero-order valence-corrected chi connectivity index (χ0v) is 11.4. The van der Waals surface area contributed by atoms with Gasteiger partial charge < -0.3 is 15.2 Å². The molecular weight excluding hydrogens is 236 g/mol. The number of hydrogen-bond acceptors (Lipinski definition) is 3. The van der Waals surface area contributed by atoms with Gasteiger partial charge in [0.15, 0.2) is 0 Å². The molecule has 4 heteroatoms. The lowest BCUT2D eigenvalue weighted by molar-refractivity contribution is 0.228. The minimum absolute atomic E-state index is 0.889. The summed E-state index contributed by atoms with van der Waals surface area (Å²) in [6.45, 7) is 4.75. The minimum Gasteiger partial charge on any atom is -0.356 e. The van der Waals surface area contributed by atoms with Crippen molar-refractivity contribution in [1.82, 2.24) is 14.9 Å². The Kier molecular flexibility index (Phi) is 3.98. The van der Waals surface area contributed by atoms with Crippen molar-refractivity contribution in [2.45, 2.75) is 25.7 Å². The average Bonchev–Trinajstić information content (AvgIpc) is 2.87. The molecule has 0 radical (unpaired) electrons. The van der Waals surface area contributed by atoms with Gasteiger partial charge in [0.2, 0.25) is 5.95 Å². The predicted octanol–water partition coefficient (Wildman–Crippen LogP) is 2.85. The molecule has 1 aliphatic rings. The highest BCUT2D eigenvalue weighted by atomic mass is 15.1. The molecule has 0 bridgehead atoms. The molecule has 102 valence electrons. The number of imidazole rings is 1. The molecule has 0 saturated carbocycles. The third kappa shape index (κ3) is 3.26. The highest BCUT2D eigenvalue weighted by Gasteiger charge is 2.09. The molecule has 0 aliphatic carbocycles. The summed E-state index contributed by atoms with van der Waals surface area (Å²) in [6, 6.07) is 8.13. The van der Waals surface area contributed by atoms with Crippen molar-refractivity contribution in [2.75, 3.05) is 31.5 Å². The first kappa shape index (κ1) is 12.5. The van der Waals surface area contributed by atoms with Crippen LogP contribution in [0, 0.1) is 0 Å². The second-order valence-electron chi connectivity index (χ2n) is 5.29. The number of aromatic nitrogens is 2. The van der Waals surface area contributed by atoms with Crippen LogP contribution in [0.5, 0.6) is 0 Å².